The van der Waals surface area contributed by atoms with Gasteiger partial charge in [0.15, 0.2) is 0 Å². The van der Waals surface area contributed by atoms with Gasteiger partial charge in [-0.25, -0.2) is 8.42 Å². The van der Waals surface area contributed by atoms with E-state index in [1.54, 1.807) is 43.5 Å². The molecule has 0 aliphatic rings. The number of hydrogen-bond donors (Lipinski definition) is 1. The number of benzene rings is 3. The Balaban J connectivity index is 1.94. The number of nitrogens with one attached hydrogen (secondary N) is 1. The van der Waals surface area contributed by atoms with Crippen LogP contribution in [0.5, 0.6) is 5.75 Å². The molecule has 0 aromatic heterocycles. The van der Waals surface area contributed by atoms with Crippen molar-refractivity contribution in [3.63, 3.8) is 0 Å². The molecular weight excluding hydrogens is 472 g/mol. The third-order valence-electron chi connectivity index (χ3n) is 6.32. The highest BCUT2D eigenvalue weighted by molar-refractivity contribution is 7.92. The maximum Gasteiger partial charge on any atom is 0.264 e. The lowest BCUT2D eigenvalue weighted by atomic mass is 9.93. The summed E-state index contributed by atoms with van der Waals surface area (Å²) >= 11 is 0. The second-order valence-electron chi connectivity index (χ2n) is 9.51. The van der Waals surface area contributed by atoms with E-state index in [1.807, 2.05) is 45.9 Å². The fourth-order valence-electron chi connectivity index (χ4n) is 4.41. The van der Waals surface area contributed by atoms with Gasteiger partial charge in [0.1, 0.15) is 12.3 Å². The van der Waals surface area contributed by atoms with Crippen molar-refractivity contribution in [2.24, 2.45) is 0 Å². The molecule has 0 fully saturated rings. The third kappa shape index (κ3) is 5.90. The fourth-order valence-corrected chi connectivity index (χ4v) is 5.92. The predicted molar refractivity (Wildman–Crippen MR) is 145 cm³/mol. The molecule has 1 N–H and O–H groups in total. The molecule has 1 amide bonds. The monoisotopic (exact) mass is 508 g/mol. The molecule has 7 heteroatoms. The van der Waals surface area contributed by atoms with E-state index in [0.717, 1.165) is 33.6 Å². The minimum absolute atomic E-state index is 0.137. The lowest BCUT2D eigenvalue weighted by Crippen LogP contribution is -2.42. The van der Waals surface area contributed by atoms with Crippen LogP contribution in [0.4, 0.5) is 5.69 Å². The minimum Gasteiger partial charge on any atom is -0.496 e. The van der Waals surface area contributed by atoms with Crippen molar-refractivity contribution in [2.45, 2.75) is 58.4 Å². The molecule has 0 saturated heterocycles. The van der Waals surface area contributed by atoms with Gasteiger partial charge in [-0.1, -0.05) is 49.7 Å². The van der Waals surface area contributed by atoms with Crippen molar-refractivity contribution in [3.8, 4) is 5.75 Å². The van der Waals surface area contributed by atoms with E-state index >= 15 is 0 Å². The number of rotatable bonds is 9. The summed E-state index contributed by atoms with van der Waals surface area (Å²) in [5, 5.41) is 3.01. The maximum absolute atomic E-state index is 13.6. The SMILES string of the molecule is COc1cc(C)c([C@H](C)NC(=O)CN(c2ccc(C)cc2C)S(=O)(=O)c2ccccc2)cc1C(C)C. The van der Waals surface area contributed by atoms with Crippen LogP contribution in [-0.4, -0.2) is 28.0 Å². The summed E-state index contributed by atoms with van der Waals surface area (Å²) in [5.74, 6) is 0.682. The molecule has 1 atom stereocenters. The highest BCUT2D eigenvalue weighted by Gasteiger charge is 2.29. The predicted octanol–water partition coefficient (Wildman–Crippen LogP) is 5.82. The van der Waals surface area contributed by atoms with Gasteiger partial charge < -0.3 is 10.1 Å². The summed E-state index contributed by atoms with van der Waals surface area (Å²) < 4.78 is 34.0. The second-order valence-corrected chi connectivity index (χ2v) is 11.4. The van der Waals surface area contributed by atoms with E-state index in [-0.39, 0.29) is 29.3 Å². The number of hydrogen-bond acceptors (Lipinski definition) is 4. The Morgan fingerprint density at radius 3 is 2.17 bits per heavy atom. The zero-order chi connectivity index (χ0) is 26.6. The normalized spacial score (nSPS) is 12.3. The quantitative estimate of drug-likeness (QED) is 0.395. The Bertz CT molecular complexity index is 1330. The molecular formula is C29H36N2O4S. The zero-order valence-electron chi connectivity index (χ0n) is 22.1. The third-order valence-corrected chi connectivity index (χ3v) is 8.10. The lowest BCUT2D eigenvalue weighted by molar-refractivity contribution is -0.120. The number of amides is 1. The molecule has 6 nitrogen and oxygen atoms in total. The summed E-state index contributed by atoms with van der Waals surface area (Å²) in [7, 11) is -2.31. The van der Waals surface area contributed by atoms with Crippen LogP contribution < -0.4 is 14.4 Å². The number of carbonyl (C=O) groups is 1. The van der Waals surface area contributed by atoms with E-state index in [2.05, 4.69) is 25.2 Å². The number of anilines is 1. The van der Waals surface area contributed by atoms with E-state index in [9.17, 15) is 13.2 Å². The van der Waals surface area contributed by atoms with Crippen LogP contribution in [0.15, 0.2) is 65.6 Å². The number of sulfonamides is 1. The molecule has 3 aromatic carbocycles. The first-order chi connectivity index (χ1) is 16.9. The smallest absolute Gasteiger partial charge is 0.264 e. The summed E-state index contributed by atoms with van der Waals surface area (Å²) in [6.45, 7) is 11.5. The Morgan fingerprint density at radius 2 is 1.58 bits per heavy atom. The largest absolute Gasteiger partial charge is 0.496 e. The standard InChI is InChI=1S/C29H36N2O4S/c1-19(2)25-17-26(21(4)16-28(25)35-7)23(6)30-29(32)18-31(27-14-13-20(3)15-22(27)5)36(33,34)24-11-9-8-10-12-24/h8-17,19,23H,18H2,1-7H3,(H,30,32)/t23-/m0/s1. The molecule has 192 valence electrons. The number of carbonyl (C=O) groups excluding carboxylic acids is 1. The van der Waals surface area contributed by atoms with Crippen molar-refractivity contribution < 1.29 is 17.9 Å². The van der Waals surface area contributed by atoms with Crippen LogP contribution in [0.3, 0.4) is 0 Å². The Kier molecular flexibility index (Phi) is 8.46. The Hall–Kier alpha value is -3.32. The van der Waals surface area contributed by atoms with Crippen molar-refractivity contribution in [2.75, 3.05) is 18.0 Å². The average Bonchev–Trinajstić information content (AvgIpc) is 2.82. The fraction of sp³-hybridized carbons (Fsp3) is 0.345. The van der Waals surface area contributed by atoms with Gasteiger partial charge in [-0.05, 0) is 86.2 Å². The van der Waals surface area contributed by atoms with Crippen LogP contribution in [0.2, 0.25) is 0 Å². The summed E-state index contributed by atoms with van der Waals surface area (Å²) in [6, 6.07) is 17.4. The zero-order valence-corrected chi connectivity index (χ0v) is 22.9. The van der Waals surface area contributed by atoms with E-state index < -0.39 is 10.0 Å². The molecule has 0 heterocycles. The van der Waals surface area contributed by atoms with Gasteiger partial charge in [0.2, 0.25) is 5.91 Å². The number of aryl methyl sites for hydroxylation is 3. The molecule has 0 aliphatic heterocycles. The van der Waals surface area contributed by atoms with Crippen LogP contribution in [0.25, 0.3) is 0 Å². The van der Waals surface area contributed by atoms with Crippen molar-refractivity contribution in [1.82, 2.24) is 5.32 Å². The molecule has 0 spiro atoms. The number of methoxy groups -OCH3 is 1. The highest BCUT2D eigenvalue weighted by Crippen LogP contribution is 2.32. The van der Waals surface area contributed by atoms with Gasteiger partial charge in [0.05, 0.1) is 23.7 Å². The molecule has 0 radical (unpaired) electrons. The van der Waals surface area contributed by atoms with Gasteiger partial charge in [0, 0.05) is 0 Å². The maximum atomic E-state index is 13.6. The van der Waals surface area contributed by atoms with Gasteiger partial charge in [-0.2, -0.15) is 0 Å². The number of nitrogens with zero attached hydrogens (tertiary/aromatic N) is 1. The summed E-state index contributed by atoms with van der Waals surface area (Å²) in [5.41, 5.74) is 5.30. The number of ether oxygens (including phenoxy) is 1. The highest BCUT2D eigenvalue weighted by atomic mass is 32.2. The van der Waals surface area contributed by atoms with Gasteiger partial charge in [-0.3, -0.25) is 9.10 Å². The van der Waals surface area contributed by atoms with Gasteiger partial charge in [-0.15, -0.1) is 0 Å². The first-order valence-electron chi connectivity index (χ1n) is 12.1. The van der Waals surface area contributed by atoms with Gasteiger partial charge in [0.25, 0.3) is 10.0 Å². The molecule has 0 unspecified atom stereocenters. The first kappa shape index (κ1) is 27.3. The van der Waals surface area contributed by atoms with Crippen LogP contribution in [-0.2, 0) is 14.8 Å². The van der Waals surface area contributed by atoms with E-state index in [4.69, 9.17) is 4.74 Å². The first-order valence-corrected chi connectivity index (χ1v) is 13.5. The minimum atomic E-state index is -3.96. The van der Waals surface area contributed by atoms with Crippen molar-refractivity contribution in [3.05, 3.63) is 88.5 Å². The van der Waals surface area contributed by atoms with Gasteiger partial charge >= 0.3 is 0 Å². The van der Waals surface area contributed by atoms with Crippen LogP contribution >= 0.6 is 0 Å². The van der Waals surface area contributed by atoms with Crippen molar-refractivity contribution in [1.29, 1.82) is 0 Å². The van der Waals surface area contributed by atoms with Crippen LogP contribution in [0, 0.1) is 20.8 Å². The van der Waals surface area contributed by atoms with Crippen molar-refractivity contribution >= 4 is 21.6 Å². The Labute approximate surface area is 215 Å². The molecule has 3 rings (SSSR count). The van der Waals surface area contributed by atoms with E-state index in [0.29, 0.717) is 5.69 Å². The Morgan fingerprint density at radius 1 is 0.917 bits per heavy atom. The molecule has 36 heavy (non-hydrogen) atoms. The average molecular weight is 509 g/mol. The summed E-state index contributed by atoms with van der Waals surface area (Å²) in [6.07, 6.45) is 0. The summed E-state index contributed by atoms with van der Waals surface area (Å²) in [4.78, 5) is 13.4. The lowest BCUT2D eigenvalue weighted by Gasteiger charge is -2.27. The molecule has 3 aromatic rings. The molecule has 0 saturated carbocycles. The molecule has 0 bridgehead atoms. The van der Waals surface area contributed by atoms with Crippen LogP contribution in [0.1, 0.15) is 60.5 Å². The van der Waals surface area contributed by atoms with E-state index in [1.165, 1.54) is 4.31 Å². The molecule has 0 aliphatic carbocycles. The topological polar surface area (TPSA) is 75.7 Å². The second kappa shape index (κ2) is 11.2.